The van der Waals surface area contributed by atoms with Crippen molar-refractivity contribution in [3.05, 3.63) is 53.9 Å². The SMILES string of the molecule is Cc1cnc(C(=O)N2C[C@H]3CN(Cc4cccnc4)C[C@H]3C2)cn1. The molecule has 24 heavy (non-hydrogen) atoms. The highest BCUT2D eigenvalue weighted by molar-refractivity contribution is 5.92. The maximum atomic E-state index is 12.6. The molecule has 2 aliphatic rings. The number of aromatic nitrogens is 3. The predicted octanol–water partition coefficient (Wildman–Crippen LogP) is 1.38. The fourth-order valence-electron chi connectivity index (χ4n) is 3.80. The lowest BCUT2D eigenvalue weighted by Crippen LogP contribution is -2.33. The van der Waals surface area contributed by atoms with E-state index < -0.39 is 0 Å². The Morgan fingerprint density at radius 2 is 1.92 bits per heavy atom. The molecule has 4 rings (SSSR count). The minimum absolute atomic E-state index is 0.00992. The Morgan fingerprint density at radius 1 is 1.12 bits per heavy atom. The Bertz CT molecular complexity index is 704. The zero-order chi connectivity index (χ0) is 16.5. The van der Waals surface area contributed by atoms with Crippen molar-refractivity contribution in [1.29, 1.82) is 0 Å². The lowest BCUT2D eigenvalue weighted by molar-refractivity contribution is 0.0767. The Kier molecular flexibility index (Phi) is 3.98. The molecule has 2 fully saturated rings. The Balaban J connectivity index is 1.36. The van der Waals surface area contributed by atoms with Crippen molar-refractivity contribution in [3.63, 3.8) is 0 Å². The van der Waals surface area contributed by atoms with Gasteiger partial charge in [0, 0.05) is 51.3 Å². The molecule has 0 unspecified atom stereocenters. The highest BCUT2D eigenvalue weighted by Gasteiger charge is 2.41. The van der Waals surface area contributed by atoms with Gasteiger partial charge in [-0.05, 0) is 30.4 Å². The van der Waals surface area contributed by atoms with Gasteiger partial charge in [-0.3, -0.25) is 19.7 Å². The quantitative estimate of drug-likeness (QED) is 0.854. The third-order valence-corrected chi connectivity index (χ3v) is 4.98. The van der Waals surface area contributed by atoms with Crippen LogP contribution in [0.1, 0.15) is 21.7 Å². The van der Waals surface area contributed by atoms with Crippen molar-refractivity contribution in [2.75, 3.05) is 26.2 Å². The van der Waals surface area contributed by atoms with Gasteiger partial charge in [0.15, 0.2) is 0 Å². The van der Waals surface area contributed by atoms with E-state index in [2.05, 4.69) is 25.9 Å². The lowest BCUT2D eigenvalue weighted by Gasteiger charge is -2.21. The average Bonchev–Trinajstić information content (AvgIpc) is 3.14. The largest absolute Gasteiger partial charge is 0.337 e. The molecule has 4 heterocycles. The first kappa shape index (κ1) is 15.2. The van der Waals surface area contributed by atoms with Crippen LogP contribution in [0, 0.1) is 18.8 Å². The van der Waals surface area contributed by atoms with E-state index in [1.807, 2.05) is 24.1 Å². The standard InChI is InChI=1S/C18H21N5O/c1-13-5-21-17(7-20-13)18(24)23-11-15-9-22(10-16(15)12-23)8-14-3-2-4-19-6-14/h2-7,15-16H,8-12H2,1H3/t15-,16+. The number of rotatable bonds is 3. The van der Waals surface area contributed by atoms with Gasteiger partial charge in [0.1, 0.15) is 5.69 Å². The molecule has 2 atom stereocenters. The van der Waals surface area contributed by atoms with Gasteiger partial charge < -0.3 is 4.90 Å². The summed E-state index contributed by atoms with van der Waals surface area (Å²) in [5, 5.41) is 0. The molecule has 0 bridgehead atoms. The maximum absolute atomic E-state index is 12.6. The van der Waals surface area contributed by atoms with E-state index in [4.69, 9.17) is 0 Å². The minimum atomic E-state index is 0.00992. The average molecular weight is 323 g/mol. The third-order valence-electron chi connectivity index (χ3n) is 4.98. The van der Waals surface area contributed by atoms with E-state index in [1.165, 1.54) is 5.56 Å². The number of hydrogen-bond acceptors (Lipinski definition) is 5. The van der Waals surface area contributed by atoms with Gasteiger partial charge >= 0.3 is 0 Å². The van der Waals surface area contributed by atoms with Gasteiger partial charge in [-0.2, -0.15) is 0 Å². The molecule has 0 radical (unpaired) electrons. The van der Waals surface area contributed by atoms with Crippen LogP contribution in [0.15, 0.2) is 36.9 Å². The molecule has 2 saturated heterocycles. The van der Waals surface area contributed by atoms with Crippen LogP contribution in [0.3, 0.4) is 0 Å². The van der Waals surface area contributed by atoms with Crippen LogP contribution in [0.25, 0.3) is 0 Å². The summed E-state index contributed by atoms with van der Waals surface area (Å²) in [7, 11) is 0. The van der Waals surface area contributed by atoms with Crippen LogP contribution in [0.2, 0.25) is 0 Å². The first-order valence-electron chi connectivity index (χ1n) is 8.38. The Hall–Kier alpha value is -2.34. The Morgan fingerprint density at radius 3 is 2.54 bits per heavy atom. The minimum Gasteiger partial charge on any atom is -0.337 e. The van der Waals surface area contributed by atoms with Crippen molar-refractivity contribution >= 4 is 5.91 Å². The number of aryl methyl sites for hydroxylation is 1. The fourth-order valence-corrected chi connectivity index (χ4v) is 3.80. The number of carbonyl (C=O) groups is 1. The van der Waals surface area contributed by atoms with E-state index >= 15 is 0 Å². The number of fused-ring (bicyclic) bond motifs is 1. The molecule has 0 spiro atoms. The first-order chi connectivity index (χ1) is 11.7. The molecule has 0 saturated carbocycles. The van der Waals surface area contributed by atoms with Crippen molar-refractivity contribution in [3.8, 4) is 0 Å². The van der Waals surface area contributed by atoms with E-state index in [1.54, 1.807) is 18.6 Å². The second-order valence-corrected chi connectivity index (χ2v) is 6.83. The van der Waals surface area contributed by atoms with Gasteiger partial charge in [0.05, 0.1) is 11.9 Å². The van der Waals surface area contributed by atoms with E-state index in [0.717, 1.165) is 38.4 Å². The van der Waals surface area contributed by atoms with Crippen molar-refractivity contribution < 1.29 is 4.79 Å². The molecular formula is C18H21N5O. The molecule has 2 aliphatic heterocycles. The molecule has 2 aromatic rings. The summed E-state index contributed by atoms with van der Waals surface area (Å²) in [6.45, 7) is 6.55. The number of carbonyl (C=O) groups excluding carboxylic acids is 1. The van der Waals surface area contributed by atoms with Gasteiger partial charge in [0.2, 0.25) is 0 Å². The molecule has 6 nitrogen and oxygen atoms in total. The van der Waals surface area contributed by atoms with Crippen molar-refractivity contribution in [1.82, 2.24) is 24.8 Å². The van der Waals surface area contributed by atoms with E-state index in [-0.39, 0.29) is 5.91 Å². The first-order valence-corrected chi connectivity index (χ1v) is 8.38. The van der Waals surface area contributed by atoms with Crippen LogP contribution in [-0.2, 0) is 6.54 Å². The lowest BCUT2D eigenvalue weighted by atomic mass is 10.0. The van der Waals surface area contributed by atoms with E-state index in [0.29, 0.717) is 17.5 Å². The molecular weight excluding hydrogens is 302 g/mol. The van der Waals surface area contributed by atoms with Crippen LogP contribution < -0.4 is 0 Å². The van der Waals surface area contributed by atoms with E-state index in [9.17, 15) is 4.79 Å². The van der Waals surface area contributed by atoms with Gasteiger partial charge in [-0.25, -0.2) is 4.98 Å². The van der Waals surface area contributed by atoms with Gasteiger partial charge in [0.25, 0.3) is 5.91 Å². The number of nitrogens with zero attached hydrogens (tertiary/aromatic N) is 5. The second-order valence-electron chi connectivity index (χ2n) is 6.83. The van der Waals surface area contributed by atoms with Crippen molar-refractivity contribution in [2.45, 2.75) is 13.5 Å². The predicted molar refractivity (Wildman–Crippen MR) is 89.2 cm³/mol. The fraction of sp³-hybridized carbons (Fsp3) is 0.444. The summed E-state index contributed by atoms with van der Waals surface area (Å²) in [4.78, 5) is 29.6. The number of hydrogen-bond donors (Lipinski definition) is 0. The summed E-state index contributed by atoms with van der Waals surface area (Å²) in [5.41, 5.74) is 2.53. The highest BCUT2D eigenvalue weighted by atomic mass is 16.2. The molecule has 0 N–H and O–H groups in total. The van der Waals surface area contributed by atoms with Crippen molar-refractivity contribution in [2.24, 2.45) is 11.8 Å². The summed E-state index contributed by atoms with van der Waals surface area (Å²) in [5.74, 6) is 1.13. The summed E-state index contributed by atoms with van der Waals surface area (Å²) in [6.07, 6.45) is 6.97. The topological polar surface area (TPSA) is 62.2 Å². The highest BCUT2D eigenvalue weighted by Crippen LogP contribution is 2.32. The van der Waals surface area contributed by atoms with Gasteiger partial charge in [-0.1, -0.05) is 6.07 Å². The summed E-state index contributed by atoms with van der Waals surface area (Å²) in [6, 6.07) is 4.10. The molecule has 0 aliphatic carbocycles. The molecule has 1 amide bonds. The second kappa shape index (κ2) is 6.28. The number of pyridine rings is 1. The third kappa shape index (κ3) is 3.01. The molecule has 124 valence electrons. The number of likely N-dealkylation sites (tertiary alicyclic amines) is 2. The van der Waals surface area contributed by atoms with Crippen LogP contribution in [-0.4, -0.2) is 56.8 Å². The summed E-state index contributed by atoms with van der Waals surface area (Å²) < 4.78 is 0. The maximum Gasteiger partial charge on any atom is 0.274 e. The van der Waals surface area contributed by atoms with Crippen LogP contribution >= 0.6 is 0 Å². The normalized spacial score (nSPS) is 23.5. The monoisotopic (exact) mass is 323 g/mol. The molecule has 0 aromatic carbocycles. The van der Waals surface area contributed by atoms with Gasteiger partial charge in [-0.15, -0.1) is 0 Å². The zero-order valence-electron chi connectivity index (χ0n) is 13.8. The number of amides is 1. The molecule has 2 aromatic heterocycles. The van der Waals surface area contributed by atoms with Crippen LogP contribution in [0.5, 0.6) is 0 Å². The molecule has 6 heteroatoms. The zero-order valence-corrected chi connectivity index (χ0v) is 13.8. The summed E-state index contributed by atoms with van der Waals surface area (Å²) >= 11 is 0. The smallest absolute Gasteiger partial charge is 0.274 e. The Labute approximate surface area is 141 Å². The van der Waals surface area contributed by atoms with Crippen LogP contribution in [0.4, 0.5) is 0 Å².